The summed E-state index contributed by atoms with van der Waals surface area (Å²) in [5, 5.41) is 8.74. The lowest BCUT2D eigenvalue weighted by molar-refractivity contribution is 0.415. The zero-order valence-electron chi connectivity index (χ0n) is 15.5. The van der Waals surface area contributed by atoms with Crippen LogP contribution in [0.4, 0.5) is 5.69 Å². The fraction of sp³-hybridized carbons (Fsp3) is 0.364. The first-order valence-electron chi connectivity index (χ1n) is 9.70. The number of nitrogens with zero attached hydrogens (tertiary/aromatic N) is 1. The number of hydrogen-bond donors (Lipinski definition) is 2. The Morgan fingerprint density at radius 2 is 2.07 bits per heavy atom. The van der Waals surface area contributed by atoms with Gasteiger partial charge in [-0.2, -0.15) is 0 Å². The van der Waals surface area contributed by atoms with Gasteiger partial charge in [0, 0.05) is 35.1 Å². The Bertz CT molecular complexity index is 1010. The maximum atomic E-state index is 5.59. The molecule has 2 aliphatic heterocycles. The molecule has 2 N–H and O–H groups in total. The van der Waals surface area contributed by atoms with Gasteiger partial charge in [0.1, 0.15) is 5.75 Å². The van der Waals surface area contributed by atoms with Crippen molar-refractivity contribution in [1.29, 1.82) is 0 Å². The molecule has 1 aromatic heterocycles. The predicted octanol–water partition coefficient (Wildman–Crippen LogP) is 4.66. The van der Waals surface area contributed by atoms with E-state index in [4.69, 9.17) is 4.74 Å². The Morgan fingerprint density at radius 1 is 1.19 bits per heavy atom. The number of ether oxygens (including phenoxy) is 1. The quantitative estimate of drug-likeness (QED) is 0.640. The molecule has 0 radical (unpaired) electrons. The molecule has 0 saturated carbocycles. The topological polar surface area (TPSA) is 38.2 Å². The van der Waals surface area contributed by atoms with E-state index in [0.717, 1.165) is 54.8 Å². The van der Waals surface area contributed by atoms with Crippen molar-refractivity contribution >= 4 is 32.5 Å². The van der Waals surface area contributed by atoms with Gasteiger partial charge in [-0.05, 0) is 48.7 Å². The molecule has 5 rings (SSSR count). The first-order valence-corrected chi connectivity index (χ1v) is 10.5. The molecular formula is C22H24BrN3O. The molecule has 4 nitrogen and oxygen atoms in total. The van der Waals surface area contributed by atoms with Crippen LogP contribution in [-0.4, -0.2) is 24.8 Å². The Hall–Kier alpha value is -1.98. The van der Waals surface area contributed by atoms with Gasteiger partial charge in [-0.3, -0.25) is 0 Å². The number of aryl methyl sites for hydroxylation is 1. The molecule has 0 amide bonds. The molecule has 0 bridgehead atoms. The van der Waals surface area contributed by atoms with Gasteiger partial charge in [0.25, 0.3) is 0 Å². The second-order valence-corrected chi connectivity index (χ2v) is 8.32. The Kier molecular flexibility index (Phi) is 4.37. The van der Waals surface area contributed by atoms with Crippen LogP contribution < -0.4 is 15.4 Å². The maximum Gasteiger partial charge on any atom is 0.143 e. The van der Waals surface area contributed by atoms with Crippen molar-refractivity contribution in [3.05, 3.63) is 57.7 Å². The molecule has 0 aliphatic carbocycles. The molecule has 1 unspecified atom stereocenters. The zero-order valence-corrected chi connectivity index (χ0v) is 17.1. The molecule has 27 heavy (non-hydrogen) atoms. The summed E-state index contributed by atoms with van der Waals surface area (Å²) < 4.78 is 9.20. The number of aromatic nitrogens is 1. The summed E-state index contributed by atoms with van der Waals surface area (Å²) in [6.07, 6.45) is 3.34. The highest BCUT2D eigenvalue weighted by atomic mass is 79.9. The Morgan fingerprint density at radius 3 is 2.96 bits per heavy atom. The van der Waals surface area contributed by atoms with Gasteiger partial charge in [-0.1, -0.05) is 34.1 Å². The van der Waals surface area contributed by atoms with Gasteiger partial charge in [-0.25, -0.2) is 0 Å². The molecule has 5 heteroatoms. The normalized spacial score (nSPS) is 18.8. The number of hydrogen-bond acceptors (Lipinski definition) is 3. The maximum absolute atomic E-state index is 5.59. The van der Waals surface area contributed by atoms with E-state index in [1.54, 1.807) is 18.4 Å². The van der Waals surface area contributed by atoms with Gasteiger partial charge < -0.3 is 19.9 Å². The average molecular weight is 426 g/mol. The lowest BCUT2D eigenvalue weighted by Crippen LogP contribution is -2.22. The van der Waals surface area contributed by atoms with Gasteiger partial charge >= 0.3 is 0 Å². The number of anilines is 1. The predicted molar refractivity (Wildman–Crippen MR) is 114 cm³/mol. The molecule has 2 aliphatic rings. The molecule has 0 saturated heterocycles. The van der Waals surface area contributed by atoms with Gasteiger partial charge in [0.15, 0.2) is 0 Å². The van der Waals surface area contributed by atoms with Gasteiger partial charge in [-0.15, -0.1) is 0 Å². The number of halogens is 1. The van der Waals surface area contributed by atoms with E-state index in [1.807, 2.05) is 6.07 Å². The van der Waals surface area contributed by atoms with Crippen LogP contribution in [0.25, 0.3) is 10.9 Å². The number of methoxy groups -OCH3 is 1. The van der Waals surface area contributed by atoms with E-state index >= 15 is 0 Å². The number of rotatable bonds is 3. The summed E-state index contributed by atoms with van der Waals surface area (Å²) >= 11 is 3.53. The van der Waals surface area contributed by atoms with Crippen LogP contribution in [0.1, 0.15) is 29.3 Å². The van der Waals surface area contributed by atoms with E-state index in [9.17, 15) is 0 Å². The smallest absolute Gasteiger partial charge is 0.143 e. The summed E-state index contributed by atoms with van der Waals surface area (Å²) in [5.74, 6) is 0.874. The summed E-state index contributed by atoms with van der Waals surface area (Å²) in [7, 11) is 1.73. The number of nitrogens with one attached hydrogen (secondary N) is 2. The van der Waals surface area contributed by atoms with E-state index in [1.165, 1.54) is 16.5 Å². The standard InChI is InChI=1S/C22H24BrN3O/c1-27-21-13-14(23)5-6-19(21)25-18-9-12-26-20-8-11-24-10-7-15(20)16-3-2-4-17(18)22(16)26/h2-6,13,18,24-25H,7-12H2,1H3. The Labute approximate surface area is 168 Å². The van der Waals surface area contributed by atoms with E-state index < -0.39 is 0 Å². The Balaban J connectivity index is 1.59. The minimum absolute atomic E-state index is 0.299. The summed E-state index contributed by atoms with van der Waals surface area (Å²) in [5.41, 5.74) is 6.99. The van der Waals surface area contributed by atoms with Crippen LogP contribution >= 0.6 is 15.9 Å². The molecule has 0 fully saturated rings. The van der Waals surface area contributed by atoms with Crippen molar-refractivity contribution in [2.75, 3.05) is 25.5 Å². The van der Waals surface area contributed by atoms with Crippen LogP contribution in [-0.2, 0) is 19.4 Å². The van der Waals surface area contributed by atoms with Gasteiger partial charge in [0.2, 0.25) is 0 Å². The minimum atomic E-state index is 0.299. The molecule has 2 aromatic carbocycles. The highest BCUT2D eigenvalue weighted by Crippen LogP contribution is 2.40. The first-order chi connectivity index (χ1) is 13.3. The number of para-hydroxylation sites is 1. The monoisotopic (exact) mass is 425 g/mol. The average Bonchev–Trinajstić information content (AvgIpc) is 2.84. The SMILES string of the molecule is COc1cc(Br)ccc1NC1CCn2c3c(c4cccc1c42)CCNCC3. The molecule has 0 spiro atoms. The lowest BCUT2D eigenvalue weighted by atomic mass is 9.96. The fourth-order valence-corrected chi connectivity index (χ4v) is 5.07. The molecule has 140 valence electrons. The number of fused-ring (bicyclic) bond motifs is 3. The summed E-state index contributed by atoms with van der Waals surface area (Å²) in [4.78, 5) is 0. The van der Waals surface area contributed by atoms with Crippen molar-refractivity contribution < 1.29 is 4.74 Å². The van der Waals surface area contributed by atoms with Crippen molar-refractivity contribution in [3.8, 4) is 5.75 Å². The van der Waals surface area contributed by atoms with Crippen LogP contribution in [0.3, 0.4) is 0 Å². The summed E-state index contributed by atoms with van der Waals surface area (Å²) in [6, 6.07) is 13.3. The van der Waals surface area contributed by atoms with Crippen LogP contribution in [0.15, 0.2) is 40.9 Å². The third-order valence-corrected chi connectivity index (χ3v) is 6.43. The highest BCUT2D eigenvalue weighted by molar-refractivity contribution is 9.10. The largest absolute Gasteiger partial charge is 0.495 e. The third-order valence-electron chi connectivity index (χ3n) is 5.94. The second kappa shape index (κ2) is 6.88. The van der Waals surface area contributed by atoms with Crippen LogP contribution in [0.5, 0.6) is 5.75 Å². The van der Waals surface area contributed by atoms with E-state index in [-0.39, 0.29) is 0 Å². The summed E-state index contributed by atoms with van der Waals surface area (Å²) in [6.45, 7) is 3.23. The fourth-order valence-electron chi connectivity index (χ4n) is 4.73. The van der Waals surface area contributed by atoms with Crippen molar-refractivity contribution in [1.82, 2.24) is 9.88 Å². The lowest BCUT2D eigenvalue weighted by Gasteiger charge is -2.28. The number of benzene rings is 2. The van der Waals surface area contributed by atoms with Crippen molar-refractivity contribution in [2.45, 2.75) is 31.8 Å². The zero-order chi connectivity index (χ0) is 18.4. The third kappa shape index (κ3) is 2.84. The van der Waals surface area contributed by atoms with Crippen molar-refractivity contribution in [2.24, 2.45) is 0 Å². The van der Waals surface area contributed by atoms with E-state index in [2.05, 4.69) is 61.5 Å². The molecular weight excluding hydrogens is 402 g/mol. The molecule has 3 heterocycles. The molecule has 3 aromatic rings. The van der Waals surface area contributed by atoms with Crippen LogP contribution in [0.2, 0.25) is 0 Å². The minimum Gasteiger partial charge on any atom is -0.495 e. The van der Waals surface area contributed by atoms with Crippen LogP contribution in [0, 0.1) is 0 Å². The van der Waals surface area contributed by atoms with Gasteiger partial charge in [0.05, 0.1) is 24.4 Å². The second-order valence-electron chi connectivity index (χ2n) is 7.40. The van der Waals surface area contributed by atoms with E-state index in [0.29, 0.717) is 6.04 Å². The molecule has 1 atom stereocenters. The first kappa shape index (κ1) is 17.1. The van der Waals surface area contributed by atoms with Crippen molar-refractivity contribution in [3.63, 3.8) is 0 Å². The highest BCUT2D eigenvalue weighted by Gasteiger charge is 2.27.